The van der Waals surface area contributed by atoms with Crippen LogP contribution >= 0.6 is 0 Å². The summed E-state index contributed by atoms with van der Waals surface area (Å²) in [5.41, 5.74) is 1.00. The van der Waals surface area contributed by atoms with Crippen molar-refractivity contribution in [2.45, 2.75) is 0 Å². The van der Waals surface area contributed by atoms with E-state index in [4.69, 9.17) is 0 Å². The molecule has 0 atom stereocenters. The third-order valence-corrected chi connectivity index (χ3v) is 1.55. The Hall–Kier alpha value is -1.77. The third-order valence-electron chi connectivity index (χ3n) is 1.55. The molecule has 0 aliphatic rings. The first-order valence-electron chi connectivity index (χ1n) is 3.76. The number of hydrogen-bond acceptors (Lipinski definition) is 1. The highest BCUT2D eigenvalue weighted by atomic mass is 14.9. The van der Waals surface area contributed by atoms with Crippen LogP contribution in [0.4, 0.5) is 5.82 Å². The van der Waals surface area contributed by atoms with Gasteiger partial charge < -0.3 is 9.97 Å². The molecule has 0 radical (unpaired) electrons. The lowest BCUT2D eigenvalue weighted by Gasteiger charge is -1.84. The van der Waals surface area contributed by atoms with Crippen molar-refractivity contribution in [1.29, 1.82) is 0 Å². The summed E-state index contributed by atoms with van der Waals surface area (Å²) in [5.74, 6) is 0.865. The van der Waals surface area contributed by atoms with Gasteiger partial charge in [0.2, 0.25) is 0 Å². The summed E-state index contributed by atoms with van der Waals surface area (Å²) in [4.78, 5) is 10.2. The van der Waals surface area contributed by atoms with E-state index in [1.807, 2.05) is 36.7 Å². The van der Waals surface area contributed by atoms with Crippen molar-refractivity contribution in [3.05, 3.63) is 42.4 Å². The lowest BCUT2D eigenvalue weighted by molar-refractivity contribution is 1.33. The van der Waals surface area contributed by atoms with Crippen molar-refractivity contribution in [3.63, 3.8) is 0 Å². The molecule has 0 aliphatic heterocycles. The average Bonchev–Trinajstić information content (AvgIpc) is 2.74. The zero-order valence-electron chi connectivity index (χ0n) is 6.49. The summed E-state index contributed by atoms with van der Waals surface area (Å²) in [6, 6.07) is 7.74. The Morgan fingerprint density at radius 1 is 1.08 bits per heavy atom. The van der Waals surface area contributed by atoms with Crippen LogP contribution in [0.25, 0.3) is 0 Å². The van der Waals surface area contributed by atoms with Crippen molar-refractivity contribution in [2.75, 3.05) is 0 Å². The van der Waals surface area contributed by atoms with Crippen LogP contribution in [0.3, 0.4) is 0 Å². The minimum absolute atomic E-state index is 0.865. The van der Waals surface area contributed by atoms with Crippen LogP contribution in [0, 0.1) is 0 Å². The van der Waals surface area contributed by atoms with E-state index in [0.717, 1.165) is 11.5 Å². The fourth-order valence-corrected chi connectivity index (χ4v) is 0.965. The molecule has 3 heteroatoms. The molecule has 0 aromatic carbocycles. The Labute approximate surface area is 70.2 Å². The molecule has 60 valence electrons. The fraction of sp³-hybridized carbons (Fsp3) is 0. The molecule has 0 spiro atoms. The van der Waals surface area contributed by atoms with Crippen LogP contribution in [0.15, 0.2) is 41.7 Å². The van der Waals surface area contributed by atoms with Crippen LogP contribution < -0.4 is 0 Å². The summed E-state index contributed by atoms with van der Waals surface area (Å²) in [5, 5.41) is 0. The van der Waals surface area contributed by atoms with Crippen LogP contribution in [-0.4, -0.2) is 16.2 Å². The topological polar surface area (TPSA) is 43.9 Å². The monoisotopic (exact) mass is 159 g/mol. The van der Waals surface area contributed by atoms with Crippen LogP contribution in [0.5, 0.6) is 0 Å². The Balaban J connectivity index is 2.14. The fourth-order valence-electron chi connectivity index (χ4n) is 0.965. The van der Waals surface area contributed by atoms with Gasteiger partial charge in [0, 0.05) is 12.4 Å². The van der Waals surface area contributed by atoms with Gasteiger partial charge in [0.1, 0.15) is 5.82 Å². The zero-order chi connectivity index (χ0) is 8.23. The van der Waals surface area contributed by atoms with E-state index in [2.05, 4.69) is 15.0 Å². The number of nitrogens with zero attached hydrogens (tertiary/aromatic N) is 1. The predicted octanol–water partition coefficient (Wildman–Crippen LogP) is 2.09. The molecule has 2 N–H and O–H groups in total. The maximum atomic E-state index is 4.20. The highest BCUT2D eigenvalue weighted by molar-refractivity contribution is 5.79. The SMILES string of the molecule is C(=Nc1ccc[nH]1)c1ccc[nH]1. The van der Waals surface area contributed by atoms with Gasteiger partial charge in [0.05, 0.1) is 11.9 Å². The van der Waals surface area contributed by atoms with Crippen molar-refractivity contribution in [1.82, 2.24) is 9.97 Å². The molecule has 2 rings (SSSR count). The molecule has 0 saturated heterocycles. The molecule has 0 unspecified atom stereocenters. The average molecular weight is 159 g/mol. The molecular formula is C9H9N3. The second-order valence-electron chi connectivity index (χ2n) is 2.44. The van der Waals surface area contributed by atoms with Crippen molar-refractivity contribution in [2.24, 2.45) is 4.99 Å². The molecule has 3 nitrogen and oxygen atoms in total. The molecule has 0 aliphatic carbocycles. The number of aromatic amines is 2. The lowest BCUT2D eigenvalue weighted by Crippen LogP contribution is -1.77. The highest BCUT2D eigenvalue weighted by Crippen LogP contribution is 2.05. The molecule has 12 heavy (non-hydrogen) atoms. The second-order valence-corrected chi connectivity index (χ2v) is 2.44. The number of hydrogen-bond donors (Lipinski definition) is 2. The highest BCUT2D eigenvalue weighted by Gasteiger charge is 1.86. The van der Waals surface area contributed by atoms with Crippen LogP contribution in [0.1, 0.15) is 5.69 Å². The first-order valence-corrected chi connectivity index (χ1v) is 3.76. The molecule has 2 aromatic heterocycles. The first-order chi connectivity index (χ1) is 5.95. The minimum atomic E-state index is 0.865. The number of nitrogens with one attached hydrogen (secondary N) is 2. The second kappa shape index (κ2) is 3.09. The molecule has 0 saturated carbocycles. The van der Waals surface area contributed by atoms with Crippen molar-refractivity contribution in [3.8, 4) is 0 Å². The normalized spacial score (nSPS) is 11.0. The third kappa shape index (κ3) is 1.45. The van der Waals surface area contributed by atoms with E-state index in [9.17, 15) is 0 Å². The van der Waals surface area contributed by atoms with Gasteiger partial charge in [-0.25, -0.2) is 4.99 Å². The van der Waals surface area contributed by atoms with Crippen molar-refractivity contribution < 1.29 is 0 Å². The van der Waals surface area contributed by atoms with Crippen molar-refractivity contribution >= 4 is 12.0 Å². The maximum absolute atomic E-state index is 4.20. The van der Waals surface area contributed by atoms with E-state index in [0.29, 0.717) is 0 Å². The molecule has 0 fully saturated rings. The summed E-state index contributed by atoms with van der Waals surface area (Å²) in [7, 11) is 0. The summed E-state index contributed by atoms with van der Waals surface area (Å²) in [6.45, 7) is 0. The molecule has 0 amide bonds. The number of rotatable bonds is 2. The Kier molecular flexibility index (Phi) is 1.78. The smallest absolute Gasteiger partial charge is 0.129 e. The minimum Gasteiger partial charge on any atom is -0.360 e. The van der Waals surface area contributed by atoms with Gasteiger partial charge in [-0.05, 0) is 24.3 Å². The molecule has 0 bridgehead atoms. The van der Waals surface area contributed by atoms with Gasteiger partial charge in [-0.15, -0.1) is 0 Å². The molecule has 2 aromatic rings. The van der Waals surface area contributed by atoms with E-state index in [1.54, 1.807) is 6.21 Å². The Bertz CT molecular complexity index is 307. The van der Waals surface area contributed by atoms with E-state index in [-0.39, 0.29) is 0 Å². The van der Waals surface area contributed by atoms with E-state index in [1.165, 1.54) is 0 Å². The molecular weight excluding hydrogens is 150 g/mol. The van der Waals surface area contributed by atoms with Crippen LogP contribution in [0.2, 0.25) is 0 Å². The van der Waals surface area contributed by atoms with Gasteiger partial charge in [0.25, 0.3) is 0 Å². The van der Waals surface area contributed by atoms with E-state index >= 15 is 0 Å². The van der Waals surface area contributed by atoms with Gasteiger partial charge in [-0.1, -0.05) is 0 Å². The number of aliphatic imine (C=N–C) groups is 1. The zero-order valence-corrected chi connectivity index (χ0v) is 6.49. The predicted molar refractivity (Wildman–Crippen MR) is 48.8 cm³/mol. The number of H-pyrrole nitrogens is 2. The quantitative estimate of drug-likeness (QED) is 0.630. The van der Waals surface area contributed by atoms with Gasteiger partial charge in [-0.3, -0.25) is 0 Å². The molecule has 2 heterocycles. The Morgan fingerprint density at radius 3 is 2.58 bits per heavy atom. The lowest BCUT2D eigenvalue weighted by atomic mass is 10.5. The summed E-state index contributed by atoms with van der Waals surface area (Å²) in [6.07, 6.45) is 5.50. The Morgan fingerprint density at radius 2 is 1.92 bits per heavy atom. The summed E-state index contributed by atoms with van der Waals surface area (Å²) >= 11 is 0. The maximum Gasteiger partial charge on any atom is 0.129 e. The number of aromatic nitrogens is 2. The van der Waals surface area contributed by atoms with Gasteiger partial charge in [-0.2, -0.15) is 0 Å². The first kappa shape index (κ1) is 6.91. The summed E-state index contributed by atoms with van der Waals surface area (Å²) < 4.78 is 0. The largest absolute Gasteiger partial charge is 0.360 e. The van der Waals surface area contributed by atoms with Gasteiger partial charge >= 0.3 is 0 Å². The standard InChI is InChI=1S/C9H9N3/c1-3-8(10-5-1)7-12-9-4-2-6-11-9/h1-7,10-11H. The van der Waals surface area contributed by atoms with Crippen LogP contribution in [-0.2, 0) is 0 Å². The van der Waals surface area contributed by atoms with Gasteiger partial charge in [0.15, 0.2) is 0 Å². The van der Waals surface area contributed by atoms with E-state index < -0.39 is 0 Å².